The van der Waals surface area contributed by atoms with Crippen molar-refractivity contribution >= 4 is 11.4 Å². The molecule has 0 atom stereocenters. The van der Waals surface area contributed by atoms with Crippen LogP contribution in [0, 0.1) is 6.92 Å². The number of benzene rings is 1. The van der Waals surface area contributed by atoms with E-state index < -0.39 is 0 Å². The Morgan fingerprint density at radius 3 is 1.32 bits per heavy atom. The molecule has 0 amide bonds. The van der Waals surface area contributed by atoms with Gasteiger partial charge in [0.2, 0.25) is 0 Å². The first-order valence-electron chi connectivity index (χ1n) is 7.36. The van der Waals surface area contributed by atoms with Crippen molar-refractivity contribution in [1.82, 2.24) is 0 Å². The van der Waals surface area contributed by atoms with Crippen LogP contribution in [0.3, 0.4) is 0 Å². The van der Waals surface area contributed by atoms with Crippen molar-refractivity contribution in [2.24, 2.45) is 0 Å². The van der Waals surface area contributed by atoms with Gasteiger partial charge < -0.3 is 35.3 Å². The van der Waals surface area contributed by atoms with Gasteiger partial charge in [-0.25, -0.2) is 0 Å². The number of phenols is 1. The van der Waals surface area contributed by atoms with E-state index in [4.69, 9.17) is 20.4 Å². The van der Waals surface area contributed by atoms with Crippen LogP contribution in [0.2, 0.25) is 0 Å². The summed E-state index contributed by atoms with van der Waals surface area (Å²) in [7, 11) is 0. The summed E-state index contributed by atoms with van der Waals surface area (Å²) in [6.07, 6.45) is 0. The minimum atomic E-state index is -0.0975. The summed E-state index contributed by atoms with van der Waals surface area (Å²) >= 11 is 0. The van der Waals surface area contributed by atoms with Gasteiger partial charge in [0, 0.05) is 26.2 Å². The molecule has 1 aromatic carbocycles. The average molecular weight is 314 g/mol. The smallest absolute Gasteiger partial charge is 0.162 e. The lowest BCUT2D eigenvalue weighted by atomic mass is 10.1. The Labute approximate surface area is 130 Å². The summed E-state index contributed by atoms with van der Waals surface area (Å²) in [6, 6.07) is 3.56. The van der Waals surface area contributed by atoms with Gasteiger partial charge in [0.1, 0.15) is 0 Å². The molecule has 1 rings (SSSR count). The normalized spacial score (nSPS) is 10.8. The van der Waals surface area contributed by atoms with Crippen LogP contribution in [0.15, 0.2) is 12.1 Å². The molecule has 7 heteroatoms. The van der Waals surface area contributed by atoms with E-state index in [9.17, 15) is 5.11 Å². The third-order valence-corrected chi connectivity index (χ3v) is 3.38. The quantitative estimate of drug-likeness (QED) is 0.388. The Kier molecular flexibility index (Phi) is 7.97. The van der Waals surface area contributed by atoms with Crippen LogP contribution >= 0.6 is 0 Å². The fourth-order valence-corrected chi connectivity index (χ4v) is 2.41. The van der Waals surface area contributed by atoms with Gasteiger partial charge in [-0.05, 0) is 24.6 Å². The van der Waals surface area contributed by atoms with Crippen LogP contribution in [0.25, 0.3) is 0 Å². The number of anilines is 2. The molecule has 0 saturated heterocycles. The predicted octanol–water partition coefficient (Wildman–Crippen LogP) is -0.717. The fraction of sp³-hybridized carbons (Fsp3) is 0.600. The molecular weight excluding hydrogens is 288 g/mol. The van der Waals surface area contributed by atoms with Crippen molar-refractivity contribution in [2.75, 3.05) is 62.4 Å². The van der Waals surface area contributed by atoms with E-state index in [1.54, 1.807) is 21.9 Å². The summed E-state index contributed by atoms with van der Waals surface area (Å²) in [5, 5.41) is 47.2. The van der Waals surface area contributed by atoms with Gasteiger partial charge in [0.05, 0.1) is 37.8 Å². The van der Waals surface area contributed by atoms with E-state index >= 15 is 0 Å². The van der Waals surface area contributed by atoms with E-state index in [0.29, 0.717) is 11.4 Å². The summed E-state index contributed by atoms with van der Waals surface area (Å²) < 4.78 is 0. The number of hydrogen-bond acceptors (Lipinski definition) is 7. The maximum absolute atomic E-state index is 10.6. The number of aromatic hydroxyl groups is 1. The molecule has 7 nitrogen and oxygen atoms in total. The molecule has 1 aromatic rings. The minimum absolute atomic E-state index is 0.00870. The van der Waals surface area contributed by atoms with E-state index in [2.05, 4.69) is 0 Å². The lowest BCUT2D eigenvalue weighted by Gasteiger charge is -2.29. The lowest BCUT2D eigenvalue weighted by Crippen LogP contribution is -2.32. The molecule has 0 aliphatic heterocycles. The van der Waals surface area contributed by atoms with Gasteiger partial charge in [-0.2, -0.15) is 0 Å². The second-order valence-corrected chi connectivity index (χ2v) is 5.02. The first-order valence-corrected chi connectivity index (χ1v) is 7.36. The zero-order chi connectivity index (χ0) is 16.5. The molecular formula is C15H26N2O5. The van der Waals surface area contributed by atoms with Gasteiger partial charge >= 0.3 is 0 Å². The second kappa shape index (κ2) is 9.47. The van der Waals surface area contributed by atoms with Gasteiger partial charge in [-0.1, -0.05) is 0 Å². The van der Waals surface area contributed by atoms with Crippen molar-refractivity contribution < 1.29 is 25.5 Å². The highest BCUT2D eigenvalue weighted by Crippen LogP contribution is 2.38. The molecule has 5 N–H and O–H groups in total. The SMILES string of the molecule is Cc1cc(N(CCO)CCO)c(O)c(N(CCO)CCO)c1. The molecule has 0 aliphatic carbocycles. The lowest BCUT2D eigenvalue weighted by molar-refractivity contribution is 0.280. The number of nitrogens with zero attached hydrogens (tertiary/aromatic N) is 2. The fourth-order valence-electron chi connectivity index (χ4n) is 2.41. The standard InChI is InChI=1S/C15H26N2O5/c1-12-10-13(16(2-6-18)3-7-19)15(22)14(11-12)17(4-8-20)5-9-21/h10-11,18-22H,2-9H2,1H3. The number of aryl methyl sites for hydroxylation is 1. The summed E-state index contributed by atoms with van der Waals surface area (Å²) in [5.41, 5.74) is 1.92. The van der Waals surface area contributed by atoms with E-state index in [-0.39, 0.29) is 58.4 Å². The van der Waals surface area contributed by atoms with E-state index in [1.807, 2.05) is 6.92 Å². The highest BCUT2D eigenvalue weighted by molar-refractivity contribution is 5.74. The highest BCUT2D eigenvalue weighted by atomic mass is 16.3. The molecule has 0 unspecified atom stereocenters. The molecule has 0 radical (unpaired) electrons. The molecule has 22 heavy (non-hydrogen) atoms. The summed E-state index contributed by atoms with van der Waals surface area (Å²) in [4.78, 5) is 3.39. The zero-order valence-corrected chi connectivity index (χ0v) is 12.9. The number of phenolic OH excluding ortho intramolecular Hbond substituents is 1. The highest BCUT2D eigenvalue weighted by Gasteiger charge is 2.18. The Bertz CT molecular complexity index is 407. The van der Waals surface area contributed by atoms with Crippen LogP contribution in [-0.4, -0.2) is 78.1 Å². The first-order chi connectivity index (χ1) is 10.6. The topological polar surface area (TPSA) is 108 Å². The maximum atomic E-state index is 10.6. The number of hydrogen-bond donors (Lipinski definition) is 5. The Hall–Kier alpha value is -1.54. The number of aliphatic hydroxyl groups excluding tert-OH is 4. The first kappa shape index (κ1) is 18.5. The maximum Gasteiger partial charge on any atom is 0.162 e. The molecule has 0 saturated carbocycles. The molecule has 0 aromatic heterocycles. The van der Waals surface area contributed by atoms with Crippen LogP contribution in [0.4, 0.5) is 11.4 Å². The van der Waals surface area contributed by atoms with Gasteiger partial charge in [-0.15, -0.1) is 0 Å². The number of rotatable bonds is 10. The average Bonchev–Trinajstić information content (AvgIpc) is 2.49. The van der Waals surface area contributed by atoms with Crippen molar-refractivity contribution in [3.63, 3.8) is 0 Å². The van der Waals surface area contributed by atoms with Gasteiger partial charge in [0.25, 0.3) is 0 Å². The zero-order valence-electron chi connectivity index (χ0n) is 12.9. The van der Waals surface area contributed by atoms with Crippen LogP contribution in [-0.2, 0) is 0 Å². The van der Waals surface area contributed by atoms with Crippen LogP contribution < -0.4 is 9.80 Å². The Balaban J connectivity index is 3.24. The summed E-state index contributed by atoms with van der Waals surface area (Å²) in [6.45, 7) is 2.64. The Morgan fingerprint density at radius 1 is 0.727 bits per heavy atom. The predicted molar refractivity (Wildman–Crippen MR) is 85.6 cm³/mol. The monoisotopic (exact) mass is 314 g/mol. The van der Waals surface area contributed by atoms with Crippen LogP contribution in [0.1, 0.15) is 5.56 Å². The van der Waals surface area contributed by atoms with Gasteiger partial charge in [-0.3, -0.25) is 0 Å². The molecule has 0 fully saturated rings. The molecule has 0 spiro atoms. The van der Waals surface area contributed by atoms with Crippen molar-refractivity contribution in [3.8, 4) is 5.75 Å². The van der Waals surface area contributed by atoms with Crippen molar-refractivity contribution in [2.45, 2.75) is 6.92 Å². The largest absolute Gasteiger partial charge is 0.504 e. The van der Waals surface area contributed by atoms with Gasteiger partial charge in [0.15, 0.2) is 5.75 Å². The molecule has 0 heterocycles. The van der Waals surface area contributed by atoms with Crippen LogP contribution in [0.5, 0.6) is 5.75 Å². The molecule has 126 valence electrons. The second-order valence-electron chi connectivity index (χ2n) is 5.02. The third-order valence-electron chi connectivity index (χ3n) is 3.38. The van der Waals surface area contributed by atoms with Crippen molar-refractivity contribution in [1.29, 1.82) is 0 Å². The molecule has 0 bridgehead atoms. The Morgan fingerprint density at radius 2 is 1.05 bits per heavy atom. The van der Waals surface area contributed by atoms with Crippen molar-refractivity contribution in [3.05, 3.63) is 17.7 Å². The summed E-state index contributed by atoms with van der Waals surface area (Å²) in [5.74, 6) is 0.00870. The number of aliphatic hydroxyl groups is 4. The van der Waals surface area contributed by atoms with E-state index in [0.717, 1.165) is 5.56 Å². The molecule has 0 aliphatic rings. The van der Waals surface area contributed by atoms with E-state index in [1.165, 1.54) is 0 Å². The third kappa shape index (κ3) is 4.74. The minimum Gasteiger partial charge on any atom is -0.504 e.